The summed E-state index contributed by atoms with van der Waals surface area (Å²) in [5.41, 5.74) is -2.74. The zero-order valence-electron chi connectivity index (χ0n) is 12.5. The van der Waals surface area contributed by atoms with Gasteiger partial charge in [0.25, 0.3) is 0 Å². The van der Waals surface area contributed by atoms with Crippen LogP contribution in [0.5, 0.6) is 0 Å². The molecule has 0 spiro atoms. The minimum atomic E-state index is -2.74. The molecule has 1 atom stereocenters. The second-order valence-electron chi connectivity index (χ2n) is 3.49. The van der Waals surface area contributed by atoms with Crippen LogP contribution >= 0.6 is 0 Å². The number of aliphatic hydroxyl groups is 2. The van der Waals surface area contributed by atoms with Crippen molar-refractivity contribution in [2.75, 3.05) is 0 Å². The van der Waals surface area contributed by atoms with Gasteiger partial charge in [-0.2, -0.15) is 0 Å². The maximum Gasteiger partial charge on any atom is 2.00 e. The molecule has 0 aliphatic carbocycles. The molecule has 0 aromatic heterocycles. The number of carboxylic acids is 4. The predicted octanol–water partition coefficient (Wildman–Crippen LogP) is -1.95. The van der Waals surface area contributed by atoms with Gasteiger partial charge in [-0.3, -0.25) is 9.59 Å². The van der Waals surface area contributed by atoms with Crippen LogP contribution in [0.25, 0.3) is 0 Å². The zero-order valence-corrected chi connectivity index (χ0v) is 11.9. The van der Waals surface area contributed by atoms with Gasteiger partial charge in [-0.1, -0.05) is 0 Å². The van der Waals surface area contributed by atoms with Gasteiger partial charge in [0.05, 0.1) is 12.8 Å². The first kappa shape index (κ1) is 23.6. The summed E-state index contributed by atoms with van der Waals surface area (Å²) in [5, 5.41) is 49.6. The van der Waals surface area contributed by atoms with E-state index in [0.717, 1.165) is 0 Å². The fourth-order valence-corrected chi connectivity index (χ4v) is 0.714. The van der Waals surface area contributed by atoms with E-state index in [1.807, 2.05) is 0 Å². The summed E-state index contributed by atoms with van der Waals surface area (Å²) in [6.07, 6.45) is -3.52. The summed E-state index contributed by atoms with van der Waals surface area (Å²) in [6.45, 7) is 1.20. The van der Waals surface area contributed by atoms with E-state index in [4.69, 9.17) is 30.6 Å². The molecule has 114 valence electrons. The maximum atomic E-state index is 10.3. The fraction of sp³-hybridized carbons (Fsp3) is 0.556. The van der Waals surface area contributed by atoms with Crippen LogP contribution in [0.3, 0.4) is 0 Å². The summed E-state index contributed by atoms with van der Waals surface area (Å²) >= 11 is 0. The van der Waals surface area contributed by atoms with Crippen LogP contribution in [-0.2, 0) is 19.2 Å². The molecule has 0 amide bonds. The van der Waals surface area contributed by atoms with Gasteiger partial charge in [0.2, 0.25) is 0 Å². The first-order valence-corrected chi connectivity index (χ1v) is 4.72. The number of carbonyl (C=O) groups is 4. The van der Waals surface area contributed by atoms with Crippen LogP contribution in [0.4, 0.5) is 0 Å². The van der Waals surface area contributed by atoms with Crippen LogP contribution < -0.4 is 0 Å². The van der Waals surface area contributed by atoms with Crippen molar-refractivity contribution in [1.82, 2.24) is 0 Å². The molecule has 0 aliphatic heterocycles. The molecule has 0 bridgehead atoms. The Morgan fingerprint density at radius 3 is 1.35 bits per heavy atom. The Hall–Kier alpha value is -1.43. The predicted molar refractivity (Wildman–Crippen MR) is 64.4 cm³/mol. The molecule has 0 saturated carbocycles. The molecule has 11 heteroatoms. The van der Waals surface area contributed by atoms with E-state index in [1.54, 1.807) is 0 Å². The van der Waals surface area contributed by atoms with Crippen LogP contribution in [0.1, 0.15) is 22.6 Å². The second-order valence-corrected chi connectivity index (χ2v) is 3.49. The third kappa shape index (κ3) is 11.6. The minimum Gasteiger partial charge on any atom is -1.00 e. The van der Waals surface area contributed by atoms with Gasteiger partial charge in [-0.05, 0) is 6.92 Å². The number of carboxylic acid groups (broad SMARTS) is 4. The van der Waals surface area contributed by atoms with E-state index in [2.05, 4.69) is 0 Å². The maximum absolute atomic E-state index is 10.3. The van der Waals surface area contributed by atoms with Crippen molar-refractivity contribution in [2.24, 2.45) is 0 Å². The first-order chi connectivity index (χ1) is 8.42. The van der Waals surface area contributed by atoms with Crippen molar-refractivity contribution < 1.29 is 52.7 Å². The molecular weight excluding hydrogens is 292 g/mol. The van der Waals surface area contributed by atoms with Crippen LogP contribution in [-0.4, -0.2) is 89.3 Å². The van der Waals surface area contributed by atoms with Gasteiger partial charge >= 0.3 is 46.9 Å². The Morgan fingerprint density at radius 1 is 1.00 bits per heavy atom. The van der Waals surface area contributed by atoms with Crippen molar-refractivity contribution in [1.29, 1.82) is 0 Å². The van der Waals surface area contributed by atoms with Gasteiger partial charge in [0, 0.05) is 0 Å². The number of aliphatic carboxylic acids is 4. The molecule has 6 N–H and O–H groups in total. The largest absolute Gasteiger partial charge is 2.00 e. The van der Waals surface area contributed by atoms with Gasteiger partial charge in [-0.15, -0.1) is 0 Å². The topological polar surface area (TPSA) is 190 Å². The van der Waals surface area contributed by atoms with E-state index in [9.17, 15) is 19.2 Å². The normalized spacial score (nSPS) is 11.2. The Labute approximate surface area is 131 Å². The molecule has 0 radical (unpaired) electrons. The fourth-order valence-electron chi connectivity index (χ4n) is 0.714. The van der Waals surface area contributed by atoms with Crippen LogP contribution in [0, 0.1) is 0 Å². The third-order valence-corrected chi connectivity index (χ3v) is 1.64. The molecule has 0 aromatic carbocycles. The van der Waals surface area contributed by atoms with Gasteiger partial charge < -0.3 is 33.5 Å². The molecular formula is C9H16MgO10. The SMILES string of the molecule is CC(O)C(=O)O.O=C(O)CC(O)(CC(=O)O)C(=O)O.[H-].[H-].[Mg+2]. The number of aliphatic hydroxyl groups excluding tert-OH is 1. The van der Waals surface area contributed by atoms with Gasteiger partial charge in [0.15, 0.2) is 5.60 Å². The van der Waals surface area contributed by atoms with Crippen molar-refractivity contribution in [3.63, 3.8) is 0 Å². The average Bonchev–Trinajstić information content (AvgIpc) is 2.14. The summed E-state index contributed by atoms with van der Waals surface area (Å²) in [5.74, 6) is -6.20. The van der Waals surface area contributed by atoms with Crippen molar-refractivity contribution in [3.8, 4) is 0 Å². The van der Waals surface area contributed by atoms with E-state index in [0.29, 0.717) is 0 Å². The standard InChI is InChI=1S/C6H8O7.C3H6O3.Mg.2H/c7-3(8)1-6(13,5(11)12)2-4(9)10;1-2(4)3(5)6;;;/h13H,1-2H2,(H,7,8)(H,9,10)(H,11,12);2,4H,1H3,(H,5,6);;;/q;;+2;2*-1. The van der Waals surface area contributed by atoms with Crippen LogP contribution in [0.2, 0.25) is 0 Å². The molecule has 0 aromatic rings. The first-order valence-electron chi connectivity index (χ1n) is 4.72. The molecule has 1 unspecified atom stereocenters. The van der Waals surface area contributed by atoms with Crippen molar-refractivity contribution in [2.45, 2.75) is 31.5 Å². The summed E-state index contributed by atoms with van der Waals surface area (Å²) in [4.78, 5) is 39.9. The number of hydrogen-bond acceptors (Lipinski definition) is 6. The van der Waals surface area contributed by atoms with Gasteiger partial charge in [0.1, 0.15) is 6.10 Å². The van der Waals surface area contributed by atoms with E-state index >= 15 is 0 Å². The molecule has 10 nitrogen and oxygen atoms in total. The quantitative estimate of drug-likeness (QED) is 0.300. The molecule has 0 rings (SSSR count). The second kappa shape index (κ2) is 10.4. The molecule has 0 aliphatic rings. The zero-order chi connectivity index (χ0) is 15.8. The smallest absolute Gasteiger partial charge is 1.00 e. The Morgan fingerprint density at radius 2 is 1.25 bits per heavy atom. The number of hydrogen-bond donors (Lipinski definition) is 6. The molecule has 0 saturated heterocycles. The Kier molecular flexibility index (Phi) is 12.3. The molecule has 0 heterocycles. The minimum absolute atomic E-state index is 0. The van der Waals surface area contributed by atoms with Crippen molar-refractivity contribution >= 4 is 46.9 Å². The van der Waals surface area contributed by atoms with Gasteiger partial charge in [-0.25, -0.2) is 9.59 Å². The van der Waals surface area contributed by atoms with Crippen molar-refractivity contribution in [3.05, 3.63) is 0 Å². The number of rotatable bonds is 6. The van der Waals surface area contributed by atoms with E-state index in [-0.39, 0.29) is 25.9 Å². The molecule has 0 fully saturated rings. The monoisotopic (exact) mass is 308 g/mol. The Balaban J connectivity index is -0.0000000933. The van der Waals surface area contributed by atoms with Crippen LogP contribution in [0.15, 0.2) is 0 Å². The molecule has 20 heavy (non-hydrogen) atoms. The van der Waals surface area contributed by atoms with E-state index in [1.165, 1.54) is 6.92 Å². The third-order valence-electron chi connectivity index (χ3n) is 1.64. The average molecular weight is 309 g/mol. The Bertz CT molecular complexity index is 357. The summed E-state index contributed by atoms with van der Waals surface area (Å²) < 4.78 is 0. The summed E-state index contributed by atoms with van der Waals surface area (Å²) in [6, 6.07) is 0. The summed E-state index contributed by atoms with van der Waals surface area (Å²) in [7, 11) is 0. The van der Waals surface area contributed by atoms with E-state index < -0.39 is 48.4 Å².